The molecule has 0 saturated carbocycles. The van der Waals surface area contributed by atoms with Crippen LogP contribution >= 0.6 is 0 Å². The summed E-state index contributed by atoms with van der Waals surface area (Å²) in [5.41, 5.74) is 0.332. The number of carbonyl (C=O) groups is 1. The Hall–Kier alpha value is -1.58. The summed E-state index contributed by atoms with van der Waals surface area (Å²) in [6, 6.07) is 0. The maximum absolute atomic E-state index is 11.1. The van der Waals surface area contributed by atoms with E-state index >= 15 is 0 Å². The van der Waals surface area contributed by atoms with Gasteiger partial charge in [-0.05, 0) is 13.8 Å². The number of hydrogen-bond donors (Lipinski definition) is 0. The first-order valence-corrected chi connectivity index (χ1v) is 3.95. The Labute approximate surface area is 76.8 Å². The molecule has 4 nitrogen and oxygen atoms in total. The molecule has 0 radical (unpaired) electrons. The van der Waals surface area contributed by atoms with Crippen LogP contribution in [0.3, 0.4) is 0 Å². The van der Waals surface area contributed by atoms with Gasteiger partial charge in [-0.15, -0.1) is 0 Å². The second-order valence-electron chi connectivity index (χ2n) is 2.55. The molecule has 0 amide bonds. The van der Waals surface area contributed by atoms with E-state index in [1.807, 2.05) is 26.1 Å². The van der Waals surface area contributed by atoms with Crippen molar-refractivity contribution in [2.75, 3.05) is 7.11 Å². The average Bonchev–Trinajstić information content (AvgIpc) is 2.47. The van der Waals surface area contributed by atoms with E-state index in [1.165, 1.54) is 7.11 Å². The Bertz CT molecular complexity index is 339. The van der Waals surface area contributed by atoms with Crippen molar-refractivity contribution >= 4 is 12.2 Å². The quantitative estimate of drug-likeness (QED) is 0.647. The Morgan fingerprint density at radius 2 is 2.38 bits per heavy atom. The third kappa shape index (κ3) is 1.96. The van der Waals surface area contributed by atoms with E-state index in [-0.39, 0.29) is 0 Å². The second kappa shape index (κ2) is 3.89. The highest BCUT2D eigenvalue weighted by Gasteiger charge is 2.10. The van der Waals surface area contributed by atoms with Crippen LogP contribution < -0.4 is 0 Å². The number of aryl methyl sites for hydroxylation is 1. The zero-order valence-corrected chi connectivity index (χ0v) is 7.94. The molecule has 1 aromatic rings. The average molecular weight is 180 g/mol. The molecule has 0 aliphatic carbocycles. The number of imidazole rings is 1. The molecule has 0 bridgehead atoms. The fraction of sp³-hybridized carbons (Fsp3) is 0.333. The number of hydrogen-bond acceptors (Lipinski definition) is 3. The molecule has 4 heteroatoms. The summed E-state index contributed by atoms with van der Waals surface area (Å²) in [5, 5.41) is 0. The van der Waals surface area contributed by atoms with E-state index in [1.54, 1.807) is 10.8 Å². The van der Waals surface area contributed by atoms with Gasteiger partial charge in [0.05, 0.1) is 7.11 Å². The molecule has 0 saturated heterocycles. The van der Waals surface area contributed by atoms with E-state index in [2.05, 4.69) is 9.72 Å². The number of carbonyl (C=O) groups excluding carboxylic acids is 1. The third-order valence-corrected chi connectivity index (χ3v) is 1.62. The van der Waals surface area contributed by atoms with Crippen molar-refractivity contribution in [1.29, 1.82) is 0 Å². The van der Waals surface area contributed by atoms with Crippen LogP contribution in [0.2, 0.25) is 0 Å². The number of esters is 1. The molecule has 1 rings (SSSR count). The molecule has 0 N–H and O–H groups in total. The lowest BCUT2D eigenvalue weighted by atomic mass is 10.5. The number of rotatable bonds is 2. The van der Waals surface area contributed by atoms with Crippen LogP contribution in [0.15, 0.2) is 12.3 Å². The first-order valence-electron chi connectivity index (χ1n) is 3.95. The van der Waals surface area contributed by atoms with Crippen LogP contribution in [-0.4, -0.2) is 22.6 Å². The molecule has 13 heavy (non-hydrogen) atoms. The molecule has 70 valence electrons. The van der Waals surface area contributed by atoms with E-state index in [9.17, 15) is 4.79 Å². The highest BCUT2D eigenvalue weighted by Crippen LogP contribution is 2.04. The summed E-state index contributed by atoms with van der Waals surface area (Å²) in [6.07, 6.45) is 5.34. The molecule has 1 heterocycles. The molecule has 0 aliphatic heterocycles. The van der Waals surface area contributed by atoms with E-state index in [0.29, 0.717) is 5.69 Å². The van der Waals surface area contributed by atoms with E-state index in [0.717, 1.165) is 5.82 Å². The van der Waals surface area contributed by atoms with Gasteiger partial charge in [0.2, 0.25) is 0 Å². The Kier molecular flexibility index (Phi) is 2.84. The van der Waals surface area contributed by atoms with Crippen molar-refractivity contribution in [2.45, 2.75) is 13.8 Å². The maximum Gasteiger partial charge on any atom is 0.358 e. The predicted octanol–water partition coefficient (Wildman–Crippen LogP) is 1.47. The van der Waals surface area contributed by atoms with Crippen molar-refractivity contribution in [1.82, 2.24) is 9.55 Å². The minimum absolute atomic E-state index is 0.332. The molecule has 0 spiro atoms. The summed E-state index contributed by atoms with van der Waals surface area (Å²) in [7, 11) is 1.34. The highest BCUT2D eigenvalue weighted by molar-refractivity contribution is 5.87. The van der Waals surface area contributed by atoms with Gasteiger partial charge in [-0.25, -0.2) is 9.78 Å². The number of nitrogens with zero attached hydrogens (tertiary/aromatic N) is 2. The number of aromatic nitrogens is 2. The van der Waals surface area contributed by atoms with Crippen molar-refractivity contribution in [2.24, 2.45) is 0 Å². The molecule has 0 unspecified atom stereocenters. The largest absolute Gasteiger partial charge is 0.464 e. The van der Waals surface area contributed by atoms with Crippen LogP contribution in [0, 0.1) is 6.92 Å². The molecular formula is C9H12N2O2. The van der Waals surface area contributed by atoms with Gasteiger partial charge in [0.1, 0.15) is 5.82 Å². The van der Waals surface area contributed by atoms with Crippen molar-refractivity contribution < 1.29 is 9.53 Å². The fourth-order valence-electron chi connectivity index (χ4n) is 1.00. The second-order valence-corrected chi connectivity index (χ2v) is 2.55. The van der Waals surface area contributed by atoms with Gasteiger partial charge in [-0.3, -0.25) is 0 Å². The topological polar surface area (TPSA) is 44.1 Å². The maximum atomic E-state index is 11.1. The normalized spacial score (nSPS) is 10.7. The Morgan fingerprint density at radius 1 is 1.69 bits per heavy atom. The van der Waals surface area contributed by atoms with E-state index in [4.69, 9.17) is 0 Å². The van der Waals surface area contributed by atoms with Crippen molar-refractivity contribution in [3.8, 4) is 0 Å². The lowest BCUT2D eigenvalue weighted by Gasteiger charge is -1.92. The van der Waals surface area contributed by atoms with E-state index < -0.39 is 5.97 Å². The SMILES string of the molecule is CC=Cn1cc(C(=O)OC)nc1C. The lowest BCUT2D eigenvalue weighted by Crippen LogP contribution is -2.00. The summed E-state index contributed by atoms with van der Waals surface area (Å²) in [6.45, 7) is 3.73. The van der Waals surface area contributed by atoms with Gasteiger partial charge in [0.25, 0.3) is 0 Å². The van der Waals surface area contributed by atoms with Gasteiger partial charge in [-0.2, -0.15) is 0 Å². The van der Waals surface area contributed by atoms with Crippen molar-refractivity contribution in [3.63, 3.8) is 0 Å². The van der Waals surface area contributed by atoms with Crippen molar-refractivity contribution in [3.05, 3.63) is 23.8 Å². The Morgan fingerprint density at radius 3 is 2.92 bits per heavy atom. The molecule has 1 aromatic heterocycles. The fourth-order valence-corrected chi connectivity index (χ4v) is 1.00. The highest BCUT2D eigenvalue weighted by atomic mass is 16.5. The molecule has 0 aromatic carbocycles. The van der Waals surface area contributed by atoms with Crippen LogP contribution in [0.25, 0.3) is 6.20 Å². The lowest BCUT2D eigenvalue weighted by molar-refractivity contribution is 0.0594. The minimum Gasteiger partial charge on any atom is -0.464 e. The summed E-state index contributed by atoms with van der Waals surface area (Å²) in [5.74, 6) is 0.352. The standard InChI is InChI=1S/C9H12N2O2/c1-4-5-11-6-8(9(12)13-3)10-7(11)2/h4-6H,1-3H3. The Balaban J connectivity index is 3.01. The van der Waals surface area contributed by atoms with Gasteiger partial charge in [-0.1, -0.05) is 6.08 Å². The van der Waals surface area contributed by atoms with Crippen LogP contribution in [0.4, 0.5) is 0 Å². The van der Waals surface area contributed by atoms with Gasteiger partial charge < -0.3 is 9.30 Å². The summed E-state index contributed by atoms with van der Waals surface area (Å²) < 4.78 is 6.31. The molecule has 0 aliphatic rings. The number of methoxy groups -OCH3 is 1. The van der Waals surface area contributed by atoms with Gasteiger partial charge in [0, 0.05) is 12.4 Å². The molecule has 0 atom stereocenters. The summed E-state index contributed by atoms with van der Waals surface area (Å²) >= 11 is 0. The zero-order valence-electron chi connectivity index (χ0n) is 7.94. The predicted molar refractivity (Wildman–Crippen MR) is 49.3 cm³/mol. The first-order chi connectivity index (χ1) is 6.19. The third-order valence-electron chi connectivity index (χ3n) is 1.62. The zero-order chi connectivity index (χ0) is 9.84. The monoisotopic (exact) mass is 180 g/mol. The molecular weight excluding hydrogens is 168 g/mol. The van der Waals surface area contributed by atoms with Gasteiger partial charge in [0.15, 0.2) is 5.69 Å². The first kappa shape index (κ1) is 9.51. The number of ether oxygens (including phenoxy) is 1. The minimum atomic E-state index is -0.411. The number of allylic oxidation sites excluding steroid dienone is 1. The molecule has 0 fully saturated rings. The smallest absolute Gasteiger partial charge is 0.358 e. The van der Waals surface area contributed by atoms with Crippen LogP contribution in [0.1, 0.15) is 23.2 Å². The van der Waals surface area contributed by atoms with Gasteiger partial charge >= 0.3 is 5.97 Å². The summed E-state index contributed by atoms with van der Waals surface area (Å²) in [4.78, 5) is 15.1. The van der Waals surface area contributed by atoms with Crippen LogP contribution in [-0.2, 0) is 4.74 Å². The van der Waals surface area contributed by atoms with Crippen LogP contribution in [0.5, 0.6) is 0 Å².